The molecule has 0 heterocycles. The third-order valence-corrected chi connectivity index (χ3v) is 2.69. The Balaban J connectivity index is 2.38. The highest BCUT2D eigenvalue weighted by atomic mass is 16.5. The molecule has 1 aromatic carbocycles. The van der Waals surface area contributed by atoms with Gasteiger partial charge in [0.25, 0.3) is 0 Å². The van der Waals surface area contributed by atoms with E-state index in [0.29, 0.717) is 6.42 Å². The lowest BCUT2D eigenvalue weighted by Gasteiger charge is -2.08. The van der Waals surface area contributed by atoms with Crippen LogP contribution in [-0.4, -0.2) is 12.4 Å². The molecule has 2 heteroatoms. The standard InChI is InChI=1S/C15H22O2/c1-4-15(16)13-7-9-14(10-8-13)17-11-5-6-12(2)3/h7-10,12H,4-6,11H2,1-3H3. The predicted octanol–water partition coefficient (Wildman–Crippen LogP) is 4.09. The molecule has 94 valence electrons. The van der Waals surface area contributed by atoms with Crippen molar-refractivity contribution in [2.75, 3.05) is 6.61 Å². The highest BCUT2D eigenvalue weighted by Gasteiger charge is 2.02. The first-order chi connectivity index (χ1) is 8.13. The van der Waals surface area contributed by atoms with E-state index in [4.69, 9.17) is 4.74 Å². The van der Waals surface area contributed by atoms with Gasteiger partial charge in [-0.25, -0.2) is 0 Å². The van der Waals surface area contributed by atoms with Crippen molar-refractivity contribution >= 4 is 5.78 Å². The second-order valence-corrected chi connectivity index (χ2v) is 4.69. The maximum Gasteiger partial charge on any atom is 0.162 e. The van der Waals surface area contributed by atoms with Crippen molar-refractivity contribution in [3.63, 3.8) is 0 Å². The van der Waals surface area contributed by atoms with Crippen molar-refractivity contribution in [3.8, 4) is 5.75 Å². The lowest BCUT2D eigenvalue weighted by atomic mass is 10.1. The summed E-state index contributed by atoms with van der Waals surface area (Å²) in [5.74, 6) is 1.75. The van der Waals surface area contributed by atoms with Crippen LogP contribution < -0.4 is 4.74 Å². The summed E-state index contributed by atoms with van der Waals surface area (Å²) in [4.78, 5) is 11.4. The van der Waals surface area contributed by atoms with E-state index >= 15 is 0 Å². The van der Waals surface area contributed by atoms with Crippen LogP contribution in [0.25, 0.3) is 0 Å². The second-order valence-electron chi connectivity index (χ2n) is 4.69. The Morgan fingerprint density at radius 3 is 2.41 bits per heavy atom. The van der Waals surface area contributed by atoms with Crippen LogP contribution in [0.2, 0.25) is 0 Å². The van der Waals surface area contributed by atoms with Gasteiger partial charge in [-0.15, -0.1) is 0 Å². The van der Waals surface area contributed by atoms with Gasteiger partial charge in [-0.05, 0) is 43.0 Å². The Morgan fingerprint density at radius 1 is 1.24 bits per heavy atom. The minimum Gasteiger partial charge on any atom is -0.494 e. The van der Waals surface area contributed by atoms with Gasteiger partial charge in [-0.1, -0.05) is 20.8 Å². The average molecular weight is 234 g/mol. The molecule has 0 spiro atoms. The Labute approximate surface area is 104 Å². The first kappa shape index (κ1) is 13.8. The molecule has 17 heavy (non-hydrogen) atoms. The van der Waals surface area contributed by atoms with Gasteiger partial charge in [-0.2, -0.15) is 0 Å². The molecule has 2 nitrogen and oxygen atoms in total. The first-order valence-corrected chi connectivity index (χ1v) is 6.39. The molecular formula is C15H22O2. The van der Waals surface area contributed by atoms with Gasteiger partial charge in [0.1, 0.15) is 5.75 Å². The number of benzene rings is 1. The molecule has 0 aliphatic heterocycles. The molecule has 0 saturated heterocycles. The summed E-state index contributed by atoms with van der Waals surface area (Å²) in [6.07, 6.45) is 2.81. The number of ether oxygens (including phenoxy) is 1. The van der Waals surface area contributed by atoms with Gasteiger partial charge in [0.05, 0.1) is 6.61 Å². The van der Waals surface area contributed by atoms with Crippen LogP contribution in [0.15, 0.2) is 24.3 Å². The van der Waals surface area contributed by atoms with E-state index in [1.807, 2.05) is 31.2 Å². The van der Waals surface area contributed by atoms with Crippen LogP contribution >= 0.6 is 0 Å². The molecule has 0 fully saturated rings. The van der Waals surface area contributed by atoms with Crippen molar-refractivity contribution in [3.05, 3.63) is 29.8 Å². The zero-order valence-electron chi connectivity index (χ0n) is 11.0. The van der Waals surface area contributed by atoms with Crippen molar-refractivity contribution in [2.45, 2.75) is 40.0 Å². The quantitative estimate of drug-likeness (QED) is 0.524. The van der Waals surface area contributed by atoms with E-state index in [1.54, 1.807) is 0 Å². The Morgan fingerprint density at radius 2 is 1.88 bits per heavy atom. The molecule has 0 amide bonds. The third-order valence-electron chi connectivity index (χ3n) is 2.69. The minimum atomic E-state index is 0.177. The van der Waals surface area contributed by atoms with Gasteiger partial charge in [-0.3, -0.25) is 4.79 Å². The second kappa shape index (κ2) is 7.10. The van der Waals surface area contributed by atoms with Gasteiger partial charge in [0, 0.05) is 12.0 Å². The van der Waals surface area contributed by atoms with Crippen LogP contribution in [0.4, 0.5) is 0 Å². The molecule has 0 bridgehead atoms. The summed E-state index contributed by atoms with van der Waals surface area (Å²) in [6.45, 7) is 7.05. The molecule has 1 aromatic rings. The summed E-state index contributed by atoms with van der Waals surface area (Å²) < 4.78 is 5.61. The number of carbonyl (C=O) groups is 1. The minimum absolute atomic E-state index is 0.177. The molecule has 0 aliphatic rings. The average Bonchev–Trinajstić information content (AvgIpc) is 2.34. The molecule has 0 aliphatic carbocycles. The molecule has 0 N–H and O–H groups in total. The molecule has 0 unspecified atom stereocenters. The molecule has 0 radical (unpaired) electrons. The normalized spacial score (nSPS) is 10.6. The number of ketones is 1. The Bertz CT molecular complexity index is 338. The Kier molecular flexibility index (Phi) is 5.75. The number of carbonyl (C=O) groups excluding carboxylic acids is 1. The highest BCUT2D eigenvalue weighted by Crippen LogP contribution is 2.14. The molecular weight excluding hydrogens is 212 g/mol. The number of rotatable bonds is 7. The maximum absolute atomic E-state index is 11.4. The summed E-state index contributed by atoms with van der Waals surface area (Å²) in [5.41, 5.74) is 0.766. The van der Waals surface area contributed by atoms with E-state index in [1.165, 1.54) is 6.42 Å². The summed E-state index contributed by atoms with van der Waals surface area (Å²) in [6, 6.07) is 7.42. The van der Waals surface area contributed by atoms with E-state index in [0.717, 1.165) is 30.3 Å². The smallest absolute Gasteiger partial charge is 0.162 e. The summed E-state index contributed by atoms with van der Waals surface area (Å²) >= 11 is 0. The van der Waals surface area contributed by atoms with E-state index in [-0.39, 0.29) is 5.78 Å². The van der Waals surface area contributed by atoms with E-state index < -0.39 is 0 Å². The van der Waals surface area contributed by atoms with Crippen LogP contribution in [-0.2, 0) is 0 Å². The topological polar surface area (TPSA) is 26.3 Å². The van der Waals surface area contributed by atoms with Gasteiger partial charge in [0.2, 0.25) is 0 Å². The first-order valence-electron chi connectivity index (χ1n) is 6.39. The Hall–Kier alpha value is -1.31. The highest BCUT2D eigenvalue weighted by molar-refractivity contribution is 5.95. The van der Waals surface area contributed by atoms with Gasteiger partial charge < -0.3 is 4.74 Å². The number of hydrogen-bond donors (Lipinski definition) is 0. The zero-order valence-corrected chi connectivity index (χ0v) is 11.0. The monoisotopic (exact) mass is 234 g/mol. The van der Waals surface area contributed by atoms with E-state index in [9.17, 15) is 4.79 Å². The van der Waals surface area contributed by atoms with Crippen LogP contribution in [0.1, 0.15) is 50.4 Å². The van der Waals surface area contributed by atoms with Gasteiger partial charge in [0.15, 0.2) is 5.78 Å². The van der Waals surface area contributed by atoms with Crippen LogP contribution in [0.3, 0.4) is 0 Å². The van der Waals surface area contributed by atoms with Crippen molar-refractivity contribution < 1.29 is 9.53 Å². The fourth-order valence-corrected chi connectivity index (χ4v) is 1.62. The zero-order chi connectivity index (χ0) is 12.7. The third kappa shape index (κ3) is 5.03. The van der Waals surface area contributed by atoms with Crippen LogP contribution in [0, 0.1) is 5.92 Å². The fraction of sp³-hybridized carbons (Fsp3) is 0.533. The van der Waals surface area contributed by atoms with Gasteiger partial charge >= 0.3 is 0 Å². The summed E-state index contributed by atoms with van der Waals surface area (Å²) in [5, 5.41) is 0. The van der Waals surface area contributed by atoms with Crippen molar-refractivity contribution in [1.29, 1.82) is 0 Å². The molecule has 1 rings (SSSR count). The molecule has 0 saturated carbocycles. The fourth-order valence-electron chi connectivity index (χ4n) is 1.62. The molecule has 0 aromatic heterocycles. The molecule has 0 atom stereocenters. The van der Waals surface area contributed by atoms with Crippen molar-refractivity contribution in [2.24, 2.45) is 5.92 Å². The SMILES string of the molecule is CCC(=O)c1ccc(OCCCC(C)C)cc1. The summed E-state index contributed by atoms with van der Waals surface area (Å²) in [7, 11) is 0. The number of hydrogen-bond acceptors (Lipinski definition) is 2. The lowest BCUT2D eigenvalue weighted by molar-refractivity contribution is 0.0988. The largest absolute Gasteiger partial charge is 0.494 e. The maximum atomic E-state index is 11.4. The lowest BCUT2D eigenvalue weighted by Crippen LogP contribution is -2.00. The predicted molar refractivity (Wildman–Crippen MR) is 70.6 cm³/mol. The van der Waals surface area contributed by atoms with Crippen LogP contribution in [0.5, 0.6) is 5.75 Å². The van der Waals surface area contributed by atoms with E-state index in [2.05, 4.69) is 13.8 Å². The number of Topliss-reactive ketones (excluding diaryl/α,β-unsaturated/α-hetero) is 1. The van der Waals surface area contributed by atoms with Crippen molar-refractivity contribution in [1.82, 2.24) is 0 Å².